The number of aromatic nitrogens is 1. The Labute approximate surface area is 126 Å². The molecule has 3 heteroatoms. The molecule has 0 aliphatic rings. The summed E-state index contributed by atoms with van der Waals surface area (Å²) < 4.78 is 0. The van der Waals surface area contributed by atoms with Crippen LogP contribution in [0.4, 0.5) is 0 Å². The van der Waals surface area contributed by atoms with E-state index in [0.717, 1.165) is 18.7 Å². The van der Waals surface area contributed by atoms with E-state index < -0.39 is 0 Å². The van der Waals surface area contributed by atoms with Gasteiger partial charge in [0.05, 0.1) is 5.01 Å². The van der Waals surface area contributed by atoms with Crippen LogP contribution < -0.4 is 5.32 Å². The molecule has 2 rings (SSSR count). The zero-order valence-electron chi connectivity index (χ0n) is 12.8. The Morgan fingerprint density at radius 3 is 2.65 bits per heavy atom. The molecule has 2 nitrogen and oxygen atoms in total. The van der Waals surface area contributed by atoms with Crippen molar-refractivity contribution in [2.24, 2.45) is 0 Å². The van der Waals surface area contributed by atoms with Gasteiger partial charge in [-0.1, -0.05) is 43.7 Å². The normalized spacial score (nSPS) is 12.8. The Morgan fingerprint density at radius 1 is 1.25 bits per heavy atom. The van der Waals surface area contributed by atoms with Gasteiger partial charge in [-0.25, -0.2) is 4.98 Å². The molecule has 1 atom stereocenters. The maximum Gasteiger partial charge on any atom is 0.0934 e. The Morgan fingerprint density at radius 2 is 2.05 bits per heavy atom. The molecule has 1 aromatic carbocycles. The minimum atomic E-state index is 0.489. The van der Waals surface area contributed by atoms with Crippen molar-refractivity contribution in [3.8, 4) is 0 Å². The molecule has 0 spiro atoms. The number of hydrogen-bond donors (Lipinski definition) is 1. The van der Waals surface area contributed by atoms with Crippen LogP contribution in [-0.4, -0.2) is 17.6 Å². The third kappa shape index (κ3) is 4.43. The van der Waals surface area contributed by atoms with Crippen molar-refractivity contribution in [3.63, 3.8) is 0 Å². The molecule has 0 fully saturated rings. The van der Waals surface area contributed by atoms with Crippen molar-refractivity contribution < 1.29 is 0 Å². The molecule has 1 N–H and O–H groups in total. The smallest absolute Gasteiger partial charge is 0.0934 e. The van der Waals surface area contributed by atoms with Gasteiger partial charge < -0.3 is 5.32 Å². The van der Waals surface area contributed by atoms with Crippen LogP contribution in [0.5, 0.6) is 0 Å². The van der Waals surface area contributed by atoms with Gasteiger partial charge in [-0.2, -0.15) is 0 Å². The quantitative estimate of drug-likeness (QED) is 0.866. The monoisotopic (exact) mass is 288 g/mol. The lowest BCUT2D eigenvalue weighted by atomic mass is 9.94. The molecule has 0 radical (unpaired) electrons. The highest BCUT2D eigenvalue weighted by atomic mass is 32.1. The first-order valence-corrected chi connectivity index (χ1v) is 8.13. The van der Waals surface area contributed by atoms with E-state index in [9.17, 15) is 0 Å². The van der Waals surface area contributed by atoms with E-state index >= 15 is 0 Å². The van der Waals surface area contributed by atoms with E-state index in [2.05, 4.69) is 67.6 Å². The van der Waals surface area contributed by atoms with Crippen molar-refractivity contribution in [2.75, 3.05) is 6.54 Å². The number of thiazole rings is 1. The molecule has 0 bridgehead atoms. The fourth-order valence-electron chi connectivity index (χ4n) is 2.32. The van der Waals surface area contributed by atoms with E-state index in [-0.39, 0.29) is 0 Å². The van der Waals surface area contributed by atoms with Gasteiger partial charge in [-0.3, -0.25) is 0 Å². The van der Waals surface area contributed by atoms with Gasteiger partial charge in [-0.05, 0) is 19.4 Å². The van der Waals surface area contributed by atoms with Gasteiger partial charge in [0.2, 0.25) is 0 Å². The number of nitrogens with zero attached hydrogens (tertiary/aromatic N) is 1. The molecule has 0 aliphatic carbocycles. The summed E-state index contributed by atoms with van der Waals surface area (Å²) in [6.45, 7) is 9.61. The second-order valence-electron chi connectivity index (χ2n) is 5.76. The van der Waals surface area contributed by atoms with Crippen molar-refractivity contribution in [2.45, 2.75) is 46.1 Å². The summed E-state index contributed by atoms with van der Waals surface area (Å²) in [6, 6.07) is 9.36. The average Bonchev–Trinajstić information content (AvgIpc) is 2.80. The summed E-state index contributed by atoms with van der Waals surface area (Å²) in [5, 5.41) is 6.94. The summed E-state index contributed by atoms with van der Waals surface area (Å²) in [6.07, 6.45) is 1.02. The van der Waals surface area contributed by atoms with Crippen LogP contribution in [0.2, 0.25) is 0 Å². The molecule has 108 valence electrons. The number of rotatable bonds is 6. The molecule has 1 aromatic heterocycles. The molecule has 2 aromatic rings. The van der Waals surface area contributed by atoms with Crippen LogP contribution in [0.25, 0.3) is 0 Å². The van der Waals surface area contributed by atoms with Crippen LogP contribution in [0, 0.1) is 13.8 Å². The summed E-state index contributed by atoms with van der Waals surface area (Å²) in [5.41, 5.74) is 3.86. The molecule has 20 heavy (non-hydrogen) atoms. The highest BCUT2D eigenvalue weighted by Crippen LogP contribution is 2.23. The minimum Gasteiger partial charge on any atom is -0.314 e. The largest absolute Gasteiger partial charge is 0.314 e. The van der Waals surface area contributed by atoms with Crippen molar-refractivity contribution in [1.82, 2.24) is 10.3 Å². The Bertz CT molecular complexity index is 545. The third-order valence-corrected chi connectivity index (χ3v) is 4.36. The maximum atomic E-state index is 4.62. The Kier molecular flexibility index (Phi) is 5.32. The van der Waals surface area contributed by atoms with Crippen LogP contribution in [-0.2, 0) is 6.42 Å². The van der Waals surface area contributed by atoms with E-state index in [1.807, 2.05) is 0 Å². The standard InChI is InChI=1S/C17H24N2S/c1-12(2)18-10-16(9-17-19-14(4)11-20-17)15-7-5-6-13(3)8-15/h5-8,11-12,16,18H,9-10H2,1-4H3. The molecule has 0 saturated heterocycles. The van der Waals surface area contributed by atoms with Crippen LogP contribution in [0.3, 0.4) is 0 Å². The maximum absolute atomic E-state index is 4.62. The SMILES string of the molecule is Cc1cccc(C(CNC(C)C)Cc2nc(C)cs2)c1. The van der Waals surface area contributed by atoms with E-state index in [1.165, 1.54) is 16.1 Å². The fraction of sp³-hybridized carbons (Fsp3) is 0.471. The van der Waals surface area contributed by atoms with Crippen molar-refractivity contribution >= 4 is 11.3 Å². The van der Waals surface area contributed by atoms with Gasteiger partial charge in [0.1, 0.15) is 0 Å². The zero-order valence-corrected chi connectivity index (χ0v) is 13.6. The molecule has 0 amide bonds. The Hall–Kier alpha value is -1.19. The molecule has 1 heterocycles. The van der Waals surface area contributed by atoms with E-state index in [4.69, 9.17) is 0 Å². The molecule has 0 saturated carbocycles. The van der Waals surface area contributed by atoms with Crippen LogP contribution in [0.1, 0.15) is 41.6 Å². The topological polar surface area (TPSA) is 24.9 Å². The highest BCUT2D eigenvalue weighted by Gasteiger charge is 2.15. The van der Waals surface area contributed by atoms with Crippen LogP contribution >= 0.6 is 11.3 Å². The van der Waals surface area contributed by atoms with Gasteiger partial charge >= 0.3 is 0 Å². The lowest BCUT2D eigenvalue weighted by Gasteiger charge is -2.19. The fourth-order valence-corrected chi connectivity index (χ4v) is 3.17. The first-order chi connectivity index (χ1) is 9.54. The van der Waals surface area contributed by atoms with Crippen molar-refractivity contribution in [1.29, 1.82) is 0 Å². The summed E-state index contributed by atoms with van der Waals surface area (Å²) >= 11 is 1.77. The molecular formula is C17H24N2S. The number of benzene rings is 1. The predicted octanol–water partition coefficient (Wildman–Crippen LogP) is 4.08. The average molecular weight is 288 g/mol. The first kappa shape index (κ1) is 15.2. The Balaban J connectivity index is 2.15. The molecule has 1 unspecified atom stereocenters. The lowest BCUT2D eigenvalue weighted by molar-refractivity contribution is 0.526. The third-order valence-electron chi connectivity index (χ3n) is 3.37. The summed E-state index contributed by atoms with van der Waals surface area (Å²) in [4.78, 5) is 4.62. The van der Waals surface area contributed by atoms with Gasteiger partial charge in [0.25, 0.3) is 0 Å². The number of hydrogen-bond acceptors (Lipinski definition) is 3. The molecular weight excluding hydrogens is 264 g/mol. The van der Waals surface area contributed by atoms with Gasteiger partial charge in [0.15, 0.2) is 0 Å². The van der Waals surface area contributed by atoms with E-state index in [0.29, 0.717) is 12.0 Å². The van der Waals surface area contributed by atoms with Crippen LogP contribution in [0.15, 0.2) is 29.6 Å². The van der Waals surface area contributed by atoms with Crippen molar-refractivity contribution in [3.05, 3.63) is 51.5 Å². The number of nitrogens with one attached hydrogen (secondary N) is 1. The second kappa shape index (κ2) is 7.00. The van der Waals surface area contributed by atoms with Gasteiger partial charge in [-0.15, -0.1) is 11.3 Å². The lowest BCUT2D eigenvalue weighted by Crippen LogP contribution is -2.29. The predicted molar refractivity (Wildman–Crippen MR) is 87.6 cm³/mol. The molecule has 0 aliphatic heterocycles. The second-order valence-corrected chi connectivity index (χ2v) is 6.70. The summed E-state index contributed by atoms with van der Waals surface area (Å²) in [7, 11) is 0. The zero-order chi connectivity index (χ0) is 14.5. The van der Waals surface area contributed by atoms with E-state index in [1.54, 1.807) is 11.3 Å². The minimum absolute atomic E-state index is 0.489. The van der Waals surface area contributed by atoms with Gasteiger partial charge in [0, 0.05) is 36.0 Å². The summed E-state index contributed by atoms with van der Waals surface area (Å²) in [5.74, 6) is 0.489. The first-order valence-electron chi connectivity index (χ1n) is 7.25. The number of aryl methyl sites for hydroxylation is 2. The highest BCUT2D eigenvalue weighted by molar-refractivity contribution is 7.09.